The lowest BCUT2D eigenvalue weighted by Gasteiger charge is -2.17. The van der Waals surface area contributed by atoms with Crippen molar-refractivity contribution in [2.75, 3.05) is 11.9 Å². The number of benzene rings is 2. The number of nitriles is 1. The number of amides is 1. The third-order valence-electron chi connectivity index (χ3n) is 3.79. The molecule has 7 heteroatoms. The Balaban J connectivity index is 2.34. The number of carbonyl (C=O) groups excluding carboxylic acids is 1. The fourth-order valence-corrected chi connectivity index (χ4v) is 3.20. The van der Waals surface area contributed by atoms with Gasteiger partial charge in [0.25, 0.3) is 5.91 Å². The predicted octanol–water partition coefficient (Wildman–Crippen LogP) is 6.14. The SMILES string of the molecule is CCOc1cc(/C=C(\C#N)C(=O)Nc2ccc(C)c(Cl)c2)cc(Br)c1OC(C)C. The van der Waals surface area contributed by atoms with E-state index in [1.165, 1.54) is 6.08 Å². The summed E-state index contributed by atoms with van der Waals surface area (Å²) in [6.45, 7) is 8.04. The van der Waals surface area contributed by atoms with Crippen molar-refractivity contribution in [1.82, 2.24) is 0 Å². The van der Waals surface area contributed by atoms with Gasteiger partial charge in [-0.25, -0.2) is 0 Å². The standard InChI is InChI=1S/C22H22BrClN2O3/c1-5-28-20-10-15(9-18(23)21(20)29-13(2)3)8-16(12-25)22(27)26-17-7-6-14(4)19(24)11-17/h6-11,13H,5H2,1-4H3,(H,26,27)/b16-8+. The highest BCUT2D eigenvalue weighted by molar-refractivity contribution is 9.10. The van der Waals surface area contributed by atoms with Gasteiger partial charge in [-0.1, -0.05) is 17.7 Å². The van der Waals surface area contributed by atoms with Gasteiger partial charge in [-0.05, 0) is 85.1 Å². The Bertz CT molecular complexity index is 981. The van der Waals surface area contributed by atoms with Crippen LogP contribution in [0.2, 0.25) is 5.02 Å². The first-order chi connectivity index (χ1) is 13.7. The van der Waals surface area contributed by atoms with E-state index < -0.39 is 5.91 Å². The van der Waals surface area contributed by atoms with E-state index in [0.717, 1.165) is 5.56 Å². The van der Waals surface area contributed by atoms with Crippen LogP contribution >= 0.6 is 27.5 Å². The lowest BCUT2D eigenvalue weighted by Crippen LogP contribution is -2.13. The van der Waals surface area contributed by atoms with Crippen molar-refractivity contribution < 1.29 is 14.3 Å². The van der Waals surface area contributed by atoms with Crippen molar-refractivity contribution in [3.63, 3.8) is 0 Å². The van der Waals surface area contributed by atoms with Gasteiger partial charge in [-0.2, -0.15) is 5.26 Å². The Morgan fingerprint density at radius 3 is 2.66 bits per heavy atom. The molecule has 0 aromatic heterocycles. The Kier molecular flexibility index (Phi) is 8.12. The summed E-state index contributed by atoms with van der Waals surface area (Å²) in [5.41, 5.74) is 2.00. The highest BCUT2D eigenvalue weighted by Gasteiger charge is 2.15. The first kappa shape index (κ1) is 22.8. The summed E-state index contributed by atoms with van der Waals surface area (Å²) in [4.78, 5) is 12.5. The van der Waals surface area contributed by atoms with E-state index in [1.54, 1.807) is 30.3 Å². The molecule has 0 atom stereocenters. The van der Waals surface area contributed by atoms with Crippen LogP contribution in [0.5, 0.6) is 11.5 Å². The highest BCUT2D eigenvalue weighted by atomic mass is 79.9. The van der Waals surface area contributed by atoms with E-state index in [9.17, 15) is 10.1 Å². The molecule has 0 saturated carbocycles. The Labute approximate surface area is 184 Å². The molecule has 0 unspecified atom stereocenters. The summed E-state index contributed by atoms with van der Waals surface area (Å²) in [7, 11) is 0. The number of nitrogens with one attached hydrogen (secondary N) is 1. The molecule has 29 heavy (non-hydrogen) atoms. The Hall–Kier alpha value is -2.49. The average Bonchev–Trinajstić information content (AvgIpc) is 2.65. The van der Waals surface area contributed by atoms with Gasteiger partial charge >= 0.3 is 0 Å². The van der Waals surface area contributed by atoms with Crippen molar-refractivity contribution >= 4 is 45.2 Å². The molecule has 5 nitrogen and oxygen atoms in total. The predicted molar refractivity (Wildman–Crippen MR) is 119 cm³/mol. The van der Waals surface area contributed by atoms with Crippen molar-refractivity contribution in [3.05, 3.63) is 56.5 Å². The van der Waals surface area contributed by atoms with Crippen LogP contribution in [0.15, 0.2) is 40.4 Å². The number of hydrogen-bond acceptors (Lipinski definition) is 4. The topological polar surface area (TPSA) is 71.3 Å². The summed E-state index contributed by atoms with van der Waals surface area (Å²) >= 11 is 9.58. The van der Waals surface area contributed by atoms with E-state index >= 15 is 0 Å². The molecule has 2 aromatic carbocycles. The van der Waals surface area contributed by atoms with Gasteiger partial charge in [0.2, 0.25) is 0 Å². The van der Waals surface area contributed by atoms with E-state index in [4.69, 9.17) is 21.1 Å². The largest absolute Gasteiger partial charge is 0.490 e. The van der Waals surface area contributed by atoms with Gasteiger partial charge in [0.15, 0.2) is 11.5 Å². The van der Waals surface area contributed by atoms with Crippen molar-refractivity contribution in [1.29, 1.82) is 5.26 Å². The van der Waals surface area contributed by atoms with E-state index in [1.807, 2.05) is 33.8 Å². The van der Waals surface area contributed by atoms with Crippen molar-refractivity contribution in [3.8, 4) is 17.6 Å². The molecular formula is C22H22BrClN2O3. The van der Waals surface area contributed by atoms with Gasteiger partial charge in [0.1, 0.15) is 11.6 Å². The van der Waals surface area contributed by atoms with E-state index in [-0.39, 0.29) is 11.7 Å². The minimum Gasteiger partial charge on any atom is -0.490 e. The van der Waals surface area contributed by atoms with Crippen molar-refractivity contribution in [2.45, 2.75) is 33.8 Å². The lowest BCUT2D eigenvalue weighted by atomic mass is 10.1. The summed E-state index contributed by atoms with van der Waals surface area (Å²) < 4.78 is 12.2. The highest BCUT2D eigenvalue weighted by Crippen LogP contribution is 2.38. The first-order valence-electron chi connectivity index (χ1n) is 9.07. The van der Waals surface area contributed by atoms with Crippen LogP contribution < -0.4 is 14.8 Å². The van der Waals surface area contributed by atoms with Crippen LogP contribution in [-0.4, -0.2) is 18.6 Å². The number of hydrogen-bond donors (Lipinski definition) is 1. The zero-order valence-corrected chi connectivity index (χ0v) is 19.0. The third kappa shape index (κ3) is 6.25. The van der Waals surface area contributed by atoms with Gasteiger partial charge in [-0.3, -0.25) is 4.79 Å². The third-order valence-corrected chi connectivity index (χ3v) is 4.79. The van der Waals surface area contributed by atoms with Crippen LogP contribution in [0.25, 0.3) is 6.08 Å². The molecule has 2 rings (SSSR count). The van der Waals surface area contributed by atoms with Crippen LogP contribution in [0, 0.1) is 18.3 Å². The fourth-order valence-electron chi connectivity index (χ4n) is 2.47. The molecule has 1 amide bonds. The molecule has 0 heterocycles. The van der Waals surface area contributed by atoms with E-state index in [2.05, 4.69) is 21.2 Å². The van der Waals surface area contributed by atoms with Crippen molar-refractivity contribution in [2.24, 2.45) is 0 Å². The number of anilines is 1. The minimum atomic E-state index is -0.524. The summed E-state index contributed by atoms with van der Waals surface area (Å²) in [6.07, 6.45) is 1.46. The molecule has 1 N–H and O–H groups in total. The Morgan fingerprint density at radius 2 is 2.07 bits per heavy atom. The summed E-state index contributed by atoms with van der Waals surface area (Å²) in [5.74, 6) is 0.588. The van der Waals surface area contributed by atoms with Gasteiger partial charge < -0.3 is 14.8 Å². The second-order valence-electron chi connectivity index (χ2n) is 6.52. The fraction of sp³-hybridized carbons (Fsp3) is 0.273. The van der Waals surface area contributed by atoms with Crippen LogP contribution in [-0.2, 0) is 4.79 Å². The van der Waals surface area contributed by atoms with Gasteiger partial charge in [-0.15, -0.1) is 0 Å². The van der Waals surface area contributed by atoms with Crippen LogP contribution in [0.4, 0.5) is 5.69 Å². The average molecular weight is 478 g/mol. The molecule has 152 valence electrons. The molecule has 2 aromatic rings. The molecule has 0 aliphatic carbocycles. The molecule has 0 bridgehead atoms. The first-order valence-corrected chi connectivity index (χ1v) is 10.2. The quantitative estimate of drug-likeness (QED) is 0.384. The van der Waals surface area contributed by atoms with Gasteiger partial charge in [0.05, 0.1) is 17.2 Å². The molecule has 0 aliphatic heterocycles. The monoisotopic (exact) mass is 476 g/mol. The number of carbonyl (C=O) groups is 1. The zero-order valence-electron chi connectivity index (χ0n) is 16.7. The number of ether oxygens (including phenoxy) is 2. The summed E-state index contributed by atoms with van der Waals surface area (Å²) in [6, 6.07) is 10.6. The maximum absolute atomic E-state index is 12.5. The normalized spacial score (nSPS) is 11.2. The number of aryl methyl sites for hydroxylation is 1. The van der Waals surface area contributed by atoms with E-state index in [0.29, 0.717) is 38.9 Å². The zero-order chi connectivity index (χ0) is 21.6. The second-order valence-corrected chi connectivity index (χ2v) is 7.78. The van der Waals surface area contributed by atoms with Crippen LogP contribution in [0.1, 0.15) is 31.9 Å². The van der Waals surface area contributed by atoms with Crippen LogP contribution in [0.3, 0.4) is 0 Å². The maximum atomic E-state index is 12.5. The molecule has 0 spiro atoms. The minimum absolute atomic E-state index is 0.0336. The molecule has 0 fully saturated rings. The molecular weight excluding hydrogens is 456 g/mol. The summed E-state index contributed by atoms with van der Waals surface area (Å²) in [5, 5.41) is 12.7. The van der Waals surface area contributed by atoms with Gasteiger partial charge in [0, 0.05) is 10.7 Å². The Morgan fingerprint density at radius 1 is 1.34 bits per heavy atom. The number of rotatable bonds is 7. The molecule has 0 saturated heterocycles. The molecule has 0 aliphatic rings. The maximum Gasteiger partial charge on any atom is 0.266 e. The number of halogens is 2. The smallest absolute Gasteiger partial charge is 0.266 e. The molecule has 0 radical (unpaired) electrons. The second kappa shape index (κ2) is 10.3. The lowest BCUT2D eigenvalue weighted by molar-refractivity contribution is -0.112. The number of nitrogens with zero attached hydrogens (tertiary/aromatic N) is 1.